The van der Waals surface area contributed by atoms with Crippen LogP contribution in [0.15, 0.2) is 30.3 Å². The van der Waals surface area contributed by atoms with E-state index in [0.29, 0.717) is 5.56 Å². The van der Waals surface area contributed by atoms with Crippen molar-refractivity contribution in [3.8, 4) is 0 Å². The summed E-state index contributed by atoms with van der Waals surface area (Å²) in [6.45, 7) is 1.99. The van der Waals surface area contributed by atoms with Crippen LogP contribution in [0.1, 0.15) is 17.3 Å². The molecule has 0 fully saturated rings. The topological polar surface area (TPSA) is 29.1 Å². The van der Waals surface area contributed by atoms with Gasteiger partial charge in [-0.1, -0.05) is 25.1 Å². The Morgan fingerprint density at radius 2 is 2.00 bits per heavy atom. The van der Waals surface area contributed by atoms with E-state index < -0.39 is 4.84 Å². The molecule has 16 heavy (non-hydrogen) atoms. The van der Waals surface area contributed by atoms with Gasteiger partial charge in [0.15, 0.2) is 0 Å². The summed E-state index contributed by atoms with van der Waals surface area (Å²) >= 11 is 13.1. The number of hydrogen-bond donors (Lipinski definition) is 1. The van der Waals surface area contributed by atoms with Gasteiger partial charge in [-0.2, -0.15) is 0 Å². The van der Waals surface area contributed by atoms with Crippen molar-refractivity contribution in [2.24, 2.45) is 0 Å². The number of carbonyl (C=O) groups is 1. The first kappa shape index (κ1) is 13.7. The SMILES string of the molecule is CCSC(NC(=O)c1ccccc1)C(Cl)Cl. The molecule has 0 heterocycles. The predicted molar refractivity (Wildman–Crippen MR) is 71.3 cm³/mol. The van der Waals surface area contributed by atoms with Gasteiger partial charge >= 0.3 is 0 Å². The van der Waals surface area contributed by atoms with Crippen molar-refractivity contribution >= 4 is 40.9 Å². The number of rotatable bonds is 5. The molecule has 5 heteroatoms. The van der Waals surface area contributed by atoms with Gasteiger partial charge in [0.1, 0.15) is 10.2 Å². The first-order valence-electron chi connectivity index (χ1n) is 4.90. The zero-order valence-corrected chi connectivity index (χ0v) is 11.1. The van der Waals surface area contributed by atoms with Crippen LogP contribution in [0.4, 0.5) is 0 Å². The van der Waals surface area contributed by atoms with Crippen LogP contribution >= 0.6 is 35.0 Å². The third-order valence-corrected chi connectivity index (χ3v) is 3.77. The number of thioether (sulfide) groups is 1. The minimum atomic E-state index is -0.613. The second-order valence-corrected chi connectivity index (χ2v) is 5.63. The number of amides is 1. The number of carbonyl (C=O) groups excluding carboxylic acids is 1. The second-order valence-electron chi connectivity index (χ2n) is 3.05. The highest BCUT2D eigenvalue weighted by Gasteiger charge is 2.19. The van der Waals surface area contributed by atoms with Crippen LogP contribution in [0.3, 0.4) is 0 Å². The molecule has 0 bridgehead atoms. The summed E-state index contributed by atoms with van der Waals surface area (Å²) in [4.78, 5) is 11.2. The van der Waals surface area contributed by atoms with Gasteiger partial charge < -0.3 is 5.32 Å². The molecule has 1 N–H and O–H groups in total. The number of nitrogens with one attached hydrogen (secondary N) is 1. The van der Waals surface area contributed by atoms with Gasteiger partial charge in [-0.25, -0.2) is 0 Å². The van der Waals surface area contributed by atoms with E-state index >= 15 is 0 Å². The molecule has 1 amide bonds. The number of halogens is 2. The molecule has 88 valence electrons. The molecular weight excluding hydrogens is 265 g/mol. The van der Waals surface area contributed by atoms with E-state index in [0.717, 1.165) is 5.75 Å². The van der Waals surface area contributed by atoms with Crippen molar-refractivity contribution in [1.29, 1.82) is 0 Å². The largest absolute Gasteiger partial charge is 0.338 e. The Kier molecular flexibility index (Phi) is 6.03. The van der Waals surface area contributed by atoms with E-state index in [-0.39, 0.29) is 11.3 Å². The maximum atomic E-state index is 11.8. The Bertz CT molecular complexity index is 332. The molecule has 1 rings (SSSR count). The molecular formula is C11H13Cl2NOS. The smallest absolute Gasteiger partial charge is 0.252 e. The summed E-state index contributed by atoms with van der Waals surface area (Å²) in [7, 11) is 0. The van der Waals surface area contributed by atoms with Gasteiger partial charge in [0.05, 0.1) is 0 Å². The van der Waals surface area contributed by atoms with E-state index in [1.807, 2.05) is 25.1 Å². The fraction of sp³-hybridized carbons (Fsp3) is 0.364. The Hall–Kier alpha value is -0.380. The summed E-state index contributed by atoms with van der Waals surface area (Å²) < 4.78 is 0. The van der Waals surface area contributed by atoms with E-state index in [9.17, 15) is 4.79 Å². The maximum absolute atomic E-state index is 11.8. The molecule has 0 aliphatic rings. The third kappa shape index (κ3) is 4.24. The molecule has 0 aromatic heterocycles. The average molecular weight is 278 g/mol. The van der Waals surface area contributed by atoms with Crippen LogP contribution in [0.5, 0.6) is 0 Å². The highest BCUT2D eigenvalue weighted by Crippen LogP contribution is 2.19. The zero-order chi connectivity index (χ0) is 12.0. The lowest BCUT2D eigenvalue weighted by Gasteiger charge is -2.18. The molecule has 0 saturated carbocycles. The van der Waals surface area contributed by atoms with Crippen molar-refractivity contribution in [3.05, 3.63) is 35.9 Å². The minimum Gasteiger partial charge on any atom is -0.338 e. The normalized spacial score (nSPS) is 12.5. The molecule has 0 radical (unpaired) electrons. The number of alkyl halides is 2. The molecule has 1 aromatic carbocycles. The molecule has 2 nitrogen and oxygen atoms in total. The van der Waals surface area contributed by atoms with Crippen LogP contribution in [0.25, 0.3) is 0 Å². The molecule has 1 unspecified atom stereocenters. The lowest BCUT2D eigenvalue weighted by Crippen LogP contribution is -2.36. The van der Waals surface area contributed by atoms with Gasteiger partial charge in [0.2, 0.25) is 0 Å². The first-order chi connectivity index (χ1) is 7.65. The highest BCUT2D eigenvalue weighted by molar-refractivity contribution is 8.00. The first-order valence-corrected chi connectivity index (χ1v) is 6.83. The zero-order valence-electron chi connectivity index (χ0n) is 8.82. The Morgan fingerprint density at radius 1 is 1.38 bits per heavy atom. The fourth-order valence-electron chi connectivity index (χ4n) is 1.16. The van der Waals surface area contributed by atoms with Crippen LogP contribution in [-0.4, -0.2) is 21.9 Å². The number of hydrogen-bond acceptors (Lipinski definition) is 2. The summed E-state index contributed by atoms with van der Waals surface area (Å²) in [6, 6.07) is 8.99. The molecule has 0 spiro atoms. The minimum absolute atomic E-state index is 0.155. The van der Waals surface area contributed by atoms with Gasteiger partial charge in [0, 0.05) is 5.56 Å². The van der Waals surface area contributed by atoms with Crippen LogP contribution in [-0.2, 0) is 0 Å². The lowest BCUT2D eigenvalue weighted by atomic mass is 10.2. The van der Waals surface area contributed by atoms with Crippen molar-refractivity contribution in [2.75, 3.05) is 5.75 Å². The Labute approximate surface area is 110 Å². The summed E-state index contributed by atoms with van der Waals surface area (Å²) in [5, 5.41) is 2.52. The van der Waals surface area contributed by atoms with Crippen molar-refractivity contribution in [1.82, 2.24) is 5.32 Å². The number of benzene rings is 1. The lowest BCUT2D eigenvalue weighted by molar-refractivity contribution is 0.0951. The van der Waals surface area contributed by atoms with Crippen LogP contribution < -0.4 is 5.32 Å². The van der Waals surface area contributed by atoms with E-state index in [1.165, 1.54) is 11.8 Å². The van der Waals surface area contributed by atoms with Crippen molar-refractivity contribution < 1.29 is 4.79 Å². The van der Waals surface area contributed by atoms with Gasteiger partial charge in [0.25, 0.3) is 5.91 Å². The summed E-state index contributed by atoms with van der Waals surface area (Å²) in [6.07, 6.45) is 0. The predicted octanol–water partition coefficient (Wildman–Crippen LogP) is 3.30. The quantitative estimate of drug-likeness (QED) is 0.661. The molecule has 0 aliphatic heterocycles. The monoisotopic (exact) mass is 277 g/mol. The van der Waals surface area contributed by atoms with Gasteiger partial charge in [-0.05, 0) is 17.9 Å². The summed E-state index contributed by atoms with van der Waals surface area (Å²) in [5.74, 6) is 0.688. The molecule has 1 aromatic rings. The van der Waals surface area contributed by atoms with E-state index in [2.05, 4.69) is 5.32 Å². The Balaban J connectivity index is 2.62. The van der Waals surface area contributed by atoms with Crippen LogP contribution in [0.2, 0.25) is 0 Å². The van der Waals surface area contributed by atoms with Gasteiger partial charge in [-0.3, -0.25) is 4.79 Å². The highest BCUT2D eigenvalue weighted by atomic mass is 35.5. The standard InChI is InChI=1S/C11H13Cl2NOS/c1-2-16-11(9(12)13)14-10(15)8-6-4-3-5-7-8/h3-7,9,11H,2H2,1H3,(H,14,15). The van der Waals surface area contributed by atoms with Gasteiger partial charge in [-0.15, -0.1) is 35.0 Å². The van der Waals surface area contributed by atoms with Crippen LogP contribution in [0, 0.1) is 0 Å². The second kappa shape index (κ2) is 7.05. The average Bonchev–Trinajstić information content (AvgIpc) is 2.29. The van der Waals surface area contributed by atoms with Crippen molar-refractivity contribution in [3.63, 3.8) is 0 Å². The van der Waals surface area contributed by atoms with E-state index in [4.69, 9.17) is 23.2 Å². The third-order valence-electron chi connectivity index (χ3n) is 1.88. The van der Waals surface area contributed by atoms with E-state index in [1.54, 1.807) is 12.1 Å². The Morgan fingerprint density at radius 3 is 2.50 bits per heavy atom. The van der Waals surface area contributed by atoms with Crippen molar-refractivity contribution in [2.45, 2.75) is 17.1 Å². The molecule has 0 aliphatic carbocycles. The molecule has 1 atom stereocenters. The maximum Gasteiger partial charge on any atom is 0.252 e. The summed E-state index contributed by atoms with van der Waals surface area (Å²) in [5.41, 5.74) is 0.609. The fourth-order valence-corrected chi connectivity index (χ4v) is 2.42. The molecule has 0 saturated heterocycles.